The summed E-state index contributed by atoms with van der Waals surface area (Å²) < 4.78 is 0. The van der Waals surface area contributed by atoms with Gasteiger partial charge in [-0.2, -0.15) is 5.26 Å². The summed E-state index contributed by atoms with van der Waals surface area (Å²) in [6, 6.07) is 9.67. The highest BCUT2D eigenvalue weighted by Gasteiger charge is 2.61. The minimum atomic E-state index is 0.0285. The predicted molar refractivity (Wildman–Crippen MR) is 119 cm³/mol. The van der Waals surface area contributed by atoms with Gasteiger partial charge >= 0.3 is 0 Å². The number of rotatable bonds is 2. The third kappa shape index (κ3) is 3.18. The van der Waals surface area contributed by atoms with E-state index < -0.39 is 0 Å². The van der Waals surface area contributed by atoms with Crippen LogP contribution < -0.4 is 10.6 Å². The number of hydrogen-bond donors (Lipinski definition) is 2. The third-order valence-electron chi connectivity index (χ3n) is 9.67. The summed E-state index contributed by atoms with van der Waals surface area (Å²) in [5, 5.41) is 15.6. The Morgan fingerprint density at radius 3 is 2.71 bits per heavy atom. The van der Waals surface area contributed by atoms with Gasteiger partial charge in [-0.25, -0.2) is 0 Å². The van der Waals surface area contributed by atoms with Crippen molar-refractivity contribution in [1.29, 1.82) is 5.26 Å². The van der Waals surface area contributed by atoms with Crippen LogP contribution in [0.25, 0.3) is 0 Å². The smallest absolute Gasteiger partial charge is 0.228 e. The van der Waals surface area contributed by atoms with Crippen LogP contribution in [0.3, 0.4) is 0 Å². The van der Waals surface area contributed by atoms with Gasteiger partial charge in [-0.15, -0.1) is 0 Å². The molecule has 2 unspecified atom stereocenters. The molecular formula is C26H33N3O2. The van der Waals surface area contributed by atoms with Crippen LogP contribution in [0.4, 0.5) is 5.69 Å². The molecule has 7 atom stereocenters. The molecule has 4 aliphatic rings. The SMILES string of the molecule is C[C@]12CCC(=O)NC1CC[C@@H]1[C@H]2CC[C@]2(C)C(C(=O)Nc3cccc(C#N)c3)CC[C@@H]12. The number of benzene rings is 1. The topological polar surface area (TPSA) is 82.0 Å². The lowest BCUT2D eigenvalue weighted by atomic mass is 9.47. The molecular weight excluding hydrogens is 386 g/mol. The van der Waals surface area contributed by atoms with E-state index in [4.69, 9.17) is 5.26 Å². The van der Waals surface area contributed by atoms with Gasteiger partial charge in [0, 0.05) is 24.1 Å². The van der Waals surface area contributed by atoms with Crippen molar-refractivity contribution in [3.05, 3.63) is 29.8 Å². The number of carbonyl (C=O) groups excluding carboxylic acids is 2. The fourth-order valence-electron chi connectivity index (χ4n) is 8.03. The van der Waals surface area contributed by atoms with Crippen LogP contribution in [0.2, 0.25) is 0 Å². The summed E-state index contributed by atoms with van der Waals surface area (Å²) in [7, 11) is 0. The zero-order chi connectivity index (χ0) is 21.8. The number of carbonyl (C=O) groups is 2. The van der Waals surface area contributed by atoms with Gasteiger partial charge in [0.2, 0.25) is 11.8 Å². The van der Waals surface area contributed by atoms with Gasteiger partial charge in [-0.3, -0.25) is 9.59 Å². The number of piperidine rings is 1. The highest BCUT2D eigenvalue weighted by atomic mass is 16.2. The molecule has 1 heterocycles. The number of nitrogens with zero attached hydrogens (tertiary/aromatic N) is 1. The number of amides is 2. The van der Waals surface area contributed by atoms with E-state index in [2.05, 4.69) is 30.6 Å². The van der Waals surface area contributed by atoms with Crippen LogP contribution in [0.5, 0.6) is 0 Å². The molecule has 3 aliphatic carbocycles. The van der Waals surface area contributed by atoms with Gasteiger partial charge in [0.25, 0.3) is 0 Å². The second-order valence-corrected chi connectivity index (χ2v) is 10.9. The highest BCUT2D eigenvalue weighted by molar-refractivity contribution is 5.93. The van der Waals surface area contributed by atoms with Crippen LogP contribution in [0, 0.1) is 45.8 Å². The molecule has 1 aliphatic heterocycles. The van der Waals surface area contributed by atoms with Crippen LogP contribution in [-0.2, 0) is 9.59 Å². The van der Waals surface area contributed by atoms with Crippen molar-refractivity contribution in [1.82, 2.24) is 5.32 Å². The molecule has 0 bridgehead atoms. The van der Waals surface area contributed by atoms with Gasteiger partial charge in [0.1, 0.15) is 0 Å². The number of nitriles is 1. The quantitative estimate of drug-likeness (QED) is 0.733. The molecule has 1 aromatic carbocycles. The van der Waals surface area contributed by atoms with E-state index in [1.165, 1.54) is 6.42 Å². The molecule has 164 valence electrons. The van der Waals surface area contributed by atoms with Crippen LogP contribution in [0.15, 0.2) is 24.3 Å². The first-order chi connectivity index (χ1) is 14.8. The Hall–Kier alpha value is -2.35. The lowest BCUT2D eigenvalue weighted by molar-refractivity contribution is -0.140. The molecule has 5 rings (SSSR count). The number of hydrogen-bond acceptors (Lipinski definition) is 3. The van der Waals surface area contributed by atoms with Crippen molar-refractivity contribution in [3.8, 4) is 6.07 Å². The van der Waals surface area contributed by atoms with E-state index in [0.29, 0.717) is 35.8 Å². The first-order valence-corrected chi connectivity index (χ1v) is 12.0. The molecule has 0 aromatic heterocycles. The number of fused-ring (bicyclic) bond motifs is 5. The highest BCUT2D eigenvalue weighted by Crippen LogP contribution is 2.65. The third-order valence-corrected chi connectivity index (χ3v) is 9.67. The molecule has 2 amide bonds. The first-order valence-electron chi connectivity index (χ1n) is 12.0. The molecule has 0 spiro atoms. The summed E-state index contributed by atoms with van der Waals surface area (Å²) in [6.45, 7) is 4.77. The zero-order valence-electron chi connectivity index (χ0n) is 18.6. The maximum atomic E-state index is 13.3. The zero-order valence-corrected chi connectivity index (χ0v) is 18.6. The largest absolute Gasteiger partial charge is 0.353 e. The number of nitrogens with one attached hydrogen (secondary N) is 2. The maximum absolute atomic E-state index is 13.3. The summed E-state index contributed by atoms with van der Waals surface area (Å²) >= 11 is 0. The van der Waals surface area contributed by atoms with Crippen molar-refractivity contribution >= 4 is 17.5 Å². The van der Waals surface area contributed by atoms with Gasteiger partial charge in [0.15, 0.2) is 0 Å². The molecule has 5 nitrogen and oxygen atoms in total. The minimum absolute atomic E-state index is 0.0285. The molecule has 2 N–H and O–H groups in total. The van der Waals surface area contributed by atoms with E-state index in [1.807, 2.05) is 12.1 Å². The average molecular weight is 420 g/mol. The van der Waals surface area contributed by atoms with Gasteiger partial charge in [-0.1, -0.05) is 19.9 Å². The van der Waals surface area contributed by atoms with E-state index in [-0.39, 0.29) is 28.6 Å². The van der Waals surface area contributed by atoms with Crippen molar-refractivity contribution < 1.29 is 9.59 Å². The average Bonchev–Trinajstić information content (AvgIpc) is 3.11. The van der Waals surface area contributed by atoms with E-state index in [0.717, 1.165) is 44.2 Å². The Bertz CT molecular complexity index is 952. The summed E-state index contributed by atoms with van der Waals surface area (Å²) in [5.41, 5.74) is 1.53. The van der Waals surface area contributed by atoms with Crippen LogP contribution in [-0.4, -0.2) is 17.9 Å². The van der Waals surface area contributed by atoms with Gasteiger partial charge in [0.05, 0.1) is 11.6 Å². The molecule has 4 fully saturated rings. The van der Waals surface area contributed by atoms with E-state index >= 15 is 0 Å². The summed E-state index contributed by atoms with van der Waals surface area (Å²) in [4.78, 5) is 25.3. The van der Waals surface area contributed by atoms with E-state index in [9.17, 15) is 9.59 Å². The van der Waals surface area contributed by atoms with Crippen LogP contribution in [0.1, 0.15) is 70.8 Å². The molecule has 0 radical (unpaired) electrons. The minimum Gasteiger partial charge on any atom is -0.353 e. The maximum Gasteiger partial charge on any atom is 0.228 e. The Labute approximate surface area is 185 Å². The van der Waals surface area contributed by atoms with Crippen molar-refractivity contribution in [2.45, 2.75) is 71.3 Å². The summed E-state index contributed by atoms with van der Waals surface area (Å²) in [5.74, 6) is 2.26. The Kier molecular flexibility index (Phi) is 4.88. The fourth-order valence-corrected chi connectivity index (χ4v) is 8.03. The molecule has 31 heavy (non-hydrogen) atoms. The summed E-state index contributed by atoms with van der Waals surface area (Å²) in [6.07, 6.45) is 8.24. The van der Waals surface area contributed by atoms with Crippen molar-refractivity contribution in [3.63, 3.8) is 0 Å². The van der Waals surface area contributed by atoms with Gasteiger partial charge in [-0.05, 0) is 91.7 Å². The Morgan fingerprint density at radius 2 is 1.90 bits per heavy atom. The Balaban J connectivity index is 1.34. The lowest BCUT2D eigenvalue weighted by Gasteiger charge is -2.60. The normalized spacial score (nSPS) is 41.2. The molecule has 5 heteroatoms. The lowest BCUT2D eigenvalue weighted by Crippen LogP contribution is -2.61. The fraction of sp³-hybridized carbons (Fsp3) is 0.654. The van der Waals surface area contributed by atoms with Crippen molar-refractivity contribution in [2.24, 2.45) is 34.5 Å². The van der Waals surface area contributed by atoms with Crippen molar-refractivity contribution in [2.75, 3.05) is 5.32 Å². The first kappa shape index (κ1) is 20.5. The molecule has 1 aromatic rings. The standard InChI is InChI=1S/C26H33N3O2/c1-25-12-10-20-18(6-9-22-26(20,2)13-11-23(30)29-22)19(25)7-8-21(25)24(31)28-17-5-3-4-16(14-17)15-27/h3-5,14,18-22H,6-13H2,1-2H3,(H,28,31)(H,29,30)/t18-,19-,20+,21?,22?,25-,26+/m0/s1. The van der Waals surface area contributed by atoms with Gasteiger partial charge < -0.3 is 10.6 Å². The number of anilines is 1. The second-order valence-electron chi connectivity index (χ2n) is 10.9. The molecule has 1 saturated heterocycles. The predicted octanol–water partition coefficient (Wildman–Crippen LogP) is 4.63. The molecule has 3 saturated carbocycles. The Morgan fingerprint density at radius 1 is 1.10 bits per heavy atom. The second kappa shape index (κ2) is 7.36. The van der Waals surface area contributed by atoms with Crippen LogP contribution >= 0.6 is 0 Å². The monoisotopic (exact) mass is 419 g/mol. The van der Waals surface area contributed by atoms with E-state index in [1.54, 1.807) is 12.1 Å².